The van der Waals surface area contributed by atoms with Crippen molar-refractivity contribution in [2.75, 3.05) is 13.1 Å². The summed E-state index contributed by atoms with van der Waals surface area (Å²) in [6.45, 7) is 7.07. The summed E-state index contributed by atoms with van der Waals surface area (Å²) in [5.74, 6) is -1.73. The van der Waals surface area contributed by atoms with Crippen LogP contribution in [0.4, 0.5) is 0 Å². The third kappa shape index (κ3) is 6.53. The van der Waals surface area contributed by atoms with Crippen molar-refractivity contribution in [2.45, 2.75) is 32.5 Å². The van der Waals surface area contributed by atoms with Gasteiger partial charge in [-0.3, -0.25) is 0 Å². The van der Waals surface area contributed by atoms with Gasteiger partial charge in [-0.15, -0.1) is 0 Å². The number of aliphatic hydroxyl groups is 2. The topological polar surface area (TPSA) is 127 Å². The predicted octanol–water partition coefficient (Wildman–Crippen LogP) is -0.871. The normalized spacial score (nSPS) is 26.4. The van der Waals surface area contributed by atoms with Crippen molar-refractivity contribution in [2.24, 2.45) is 11.8 Å². The highest BCUT2D eigenvalue weighted by atomic mass is 16.4. The maximum absolute atomic E-state index is 9.77. The summed E-state index contributed by atoms with van der Waals surface area (Å²) in [7, 11) is 0. The molecule has 0 spiro atoms. The molecule has 1 saturated heterocycles. The van der Waals surface area contributed by atoms with Gasteiger partial charge < -0.3 is 25.7 Å². The minimum absolute atomic E-state index is 0.902. The van der Waals surface area contributed by atoms with Gasteiger partial charge >= 0.3 is 11.9 Å². The number of carboxylic acid groups (broad SMARTS) is 2. The van der Waals surface area contributed by atoms with E-state index in [1.54, 1.807) is 0 Å². The third-order valence-corrected chi connectivity index (χ3v) is 2.60. The Hall–Kier alpha value is -1.18. The molecule has 5 N–H and O–H groups in total. The van der Waals surface area contributed by atoms with Crippen LogP contribution in [-0.4, -0.2) is 57.7 Å². The first kappa shape index (κ1) is 16.8. The number of aliphatic carboxylic acids is 2. The van der Waals surface area contributed by atoms with Crippen LogP contribution in [0.3, 0.4) is 0 Å². The van der Waals surface area contributed by atoms with Crippen LogP contribution < -0.4 is 5.32 Å². The summed E-state index contributed by atoms with van der Waals surface area (Å²) in [5.41, 5.74) is 0. The molecule has 1 fully saturated rings. The fourth-order valence-electron chi connectivity index (χ4n) is 1.70. The van der Waals surface area contributed by atoms with E-state index in [2.05, 4.69) is 19.2 Å². The van der Waals surface area contributed by atoms with Crippen LogP contribution in [0.25, 0.3) is 0 Å². The molecule has 0 saturated carbocycles. The zero-order chi connectivity index (χ0) is 14.3. The van der Waals surface area contributed by atoms with Gasteiger partial charge in [-0.2, -0.15) is 0 Å². The van der Waals surface area contributed by atoms with Crippen molar-refractivity contribution in [1.29, 1.82) is 0 Å². The lowest BCUT2D eigenvalue weighted by Crippen LogP contribution is -2.39. The van der Waals surface area contributed by atoms with Crippen molar-refractivity contribution in [3.8, 4) is 0 Å². The number of nitrogens with one attached hydrogen (secondary N) is 1. The number of piperidine rings is 1. The molecule has 7 heteroatoms. The number of hydrogen-bond donors (Lipinski definition) is 5. The second kappa shape index (κ2) is 8.02. The van der Waals surface area contributed by atoms with Crippen LogP contribution in [0.15, 0.2) is 0 Å². The van der Waals surface area contributed by atoms with E-state index < -0.39 is 24.1 Å². The van der Waals surface area contributed by atoms with Crippen molar-refractivity contribution >= 4 is 11.9 Å². The van der Waals surface area contributed by atoms with Gasteiger partial charge in [0, 0.05) is 0 Å². The molecule has 0 aromatic carbocycles. The first-order valence-corrected chi connectivity index (χ1v) is 5.78. The molecule has 0 aromatic heterocycles. The van der Waals surface area contributed by atoms with Crippen LogP contribution in [0.5, 0.6) is 0 Å². The molecule has 7 nitrogen and oxygen atoms in total. The minimum atomic E-state index is -2.27. The summed E-state index contributed by atoms with van der Waals surface area (Å²) < 4.78 is 0. The fraction of sp³-hybridized carbons (Fsp3) is 0.818. The van der Waals surface area contributed by atoms with E-state index in [1.165, 1.54) is 19.5 Å². The highest BCUT2D eigenvalue weighted by Crippen LogP contribution is 2.13. The highest BCUT2D eigenvalue weighted by molar-refractivity contribution is 5.83. The Balaban J connectivity index is 0.000000327. The molecule has 1 rings (SSSR count). The summed E-state index contributed by atoms with van der Waals surface area (Å²) in [6, 6.07) is 0. The van der Waals surface area contributed by atoms with Crippen LogP contribution in [0.2, 0.25) is 0 Å². The molecule has 0 aromatic rings. The molecule has 1 heterocycles. The fourth-order valence-corrected chi connectivity index (χ4v) is 1.70. The van der Waals surface area contributed by atoms with E-state index in [0.717, 1.165) is 11.8 Å². The molecular weight excluding hydrogens is 242 g/mol. The Morgan fingerprint density at radius 1 is 1.00 bits per heavy atom. The van der Waals surface area contributed by atoms with E-state index in [0.29, 0.717) is 0 Å². The van der Waals surface area contributed by atoms with E-state index in [-0.39, 0.29) is 0 Å². The Morgan fingerprint density at radius 2 is 1.33 bits per heavy atom. The average Bonchev–Trinajstić information content (AvgIpc) is 2.27. The Labute approximate surface area is 105 Å². The number of carboxylic acids is 2. The van der Waals surface area contributed by atoms with Crippen LogP contribution >= 0.6 is 0 Å². The second-order valence-corrected chi connectivity index (χ2v) is 4.67. The predicted molar refractivity (Wildman–Crippen MR) is 63.1 cm³/mol. The monoisotopic (exact) mass is 263 g/mol. The average molecular weight is 263 g/mol. The summed E-state index contributed by atoms with van der Waals surface area (Å²) in [5, 5.41) is 35.9. The number of carbonyl (C=O) groups is 2. The van der Waals surface area contributed by atoms with Crippen molar-refractivity contribution < 1.29 is 30.0 Å². The summed E-state index contributed by atoms with van der Waals surface area (Å²) >= 11 is 0. The van der Waals surface area contributed by atoms with Crippen molar-refractivity contribution in [3.05, 3.63) is 0 Å². The largest absolute Gasteiger partial charge is 0.479 e. The van der Waals surface area contributed by atoms with Gasteiger partial charge in [0.15, 0.2) is 12.2 Å². The lowest BCUT2D eigenvalue weighted by molar-refractivity contribution is -0.165. The number of rotatable bonds is 3. The van der Waals surface area contributed by atoms with E-state index >= 15 is 0 Å². The molecule has 4 unspecified atom stereocenters. The van der Waals surface area contributed by atoms with Crippen LogP contribution in [0.1, 0.15) is 20.3 Å². The molecule has 1 aliphatic heterocycles. The highest BCUT2D eigenvalue weighted by Gasteiger charge is 2.29. The molecule has 18 heavy (non-hydrogen) atoms. The number of hydrogen-bond acceptors (Lipinski definition) is 5. The molecule has 0 bridgehead atoms. The van der Waals surface area contributed by atoms with Gasteiger partial charge in [-0.25, -0.2) is 9.59 Å². The smallest absolute Gasteiger partial charge is 0.335 e. The Bertz CT molecular complexity index is 257. The molecule has 106 valence electrons. The van der Waals surface area contributed by atoms with Gasteiger partial charge in [0.2, 0.25) is 0 Å². The lowest BCUT2D eigenvalue weighted by atomic mass is 9.94. The molecule has 1 aliphatic rings. The zero-order valence-electron chi connectivity index (χ0n) is 10.5. The standard InChI is InChI=1S/C7H15N.C4H6O6/c1-6-3-7(2)5-8-4-6;5-1(3(7)8)2(6)4(9)10/h6-8H,3-5H2,1-2H3;1-2,5-6H,(H,7,8)(H,9,10). The minimum Gasteiger partial charge on any atom is -0.479 e. The van der Waals surface area contributed by atoms with Crippen molar-refractivity contribution in [1.82, 2.24) is 5.32 Å². The molecule has 4 atom stereocenters. The van der Waals surface area contributed by atoms with Gasteiger partial charge in [-0.1, -0.05) is 13.8 Å². The first-order chi connectivity index (χ1) is 8.25. The maximum atomic E-state index is 9.77. The molecule has 0 radical (unpaired) electrons. The number of aliphatic hydroxyl groups excluding tert-OH is 2. The lowest BCUT2D eigenvalue weighted by Gasteiger charge is -2.24. The molecular formula is C11H21NO6. The Morgan fingerprint density at radius 3 is 1.50 bits per heavy atom. The summed E-state index contributed by atoms with van der Waals surface area (Å²) in [6.07, 6.45) is -3.12. The van der Waals surface area contributed by atoms with E-state index in [4.69, 9.17) is 20.4 Å². The van der Waals surface area contributed by atoms with Gasteiger partial charge in [0.1, 0.15) is 0 Å². The molecule has 0 aliphatic carbocycles. The maximum Gasteiger partial charge on any atom is 0.335 e. The van der Waals surface area contributed by atoms with Crippen molar-refractivity contribution in [3.63, 3.8) is 0 Å². The third-order valence-electron chi connectivity index (χ3n) is 2.60. The Kier molecular flexibility index (Phi) is 7.49. The molecule has 0 amide bonds. The van der Waals surface area contributed by atoms with E-state index in [9.17, 15) is 9.59 Å². The second-order valence-electron chi connectivity index (χ2n) is 4.67. The van der Waals surface area contributed by atoms with Crippen LogP contribution in [0, 0.1) is 11.8 Å². The van der Waals surface area contributed by atoms with Gasteiger partial charge in [0.25, 0.3) is 0 Å². The first-order valence-electron chi connectivity index (χ1n) is 5.78. The summed E-state index contributed by atoms with van der Waals surface area (Å²) in [4.78, 5) is 19.5. The zero-order valence-corrected chi connectivity index (χ0v) is 10.5. The quantitative estimate of drug-likeness (QED) is 0.448. The van der Waals surface area contributed by atoms with Crippen LogP contribution in [-0.2, 0) is 9.59 Å². The van der Waals surface area contributed by atoms with Gasteiger partial charge in [-0.05, 0) is 31.3 Å². The SMILES string of the molecule is CC1CNCC(C)C1.O=C(O)C(O)C(O)C(=O)O. The van der Waals surface area contributed by atoms with Gasteiger partial charge in [0.05, 0.1) is 0 Å². The van der Waals surface area contributed by atoms with E-state index in [1.807, 2.05) is 0 Å².